The first-order valence-corrected chi connectivity index (χ1v) is 8.83. The highest BCUT2D eigenvalue weighted by molar-refractivity contribution is 5.95. The van der Waals surface area contributed by atoms with E-state index in [9.17, 15) is 25.1 Å². The van der Waals surface area contributed by atoms with Crippen molar-refractivity contribution in [2.45, 2.75) is 0 Å². The van der Waals surface area contributed by atoms with E-state index in [-0.39, 0.29) is 17.1 Å². The molecule has 0 aliphatic heterocycles. The molecule has 0 radical (unpaired) electrons. The van der Waals surface area contributed by atoms with Crippen LogP contribution in [0.2, 0.25) is 0 Å². The summed E-state index contributed by atoms with van der Waals surface area (Å²) in [5.41, 5.74) is 2.33. The van der Waals surface area contributed by atoms with Gasteiger partial charge in [-0.1, -0.05) is 0 Å². The third kappa shape index (κ3) is 5.26. The van der Waals surface area contributed by atoms with Crippen molar-refractivity contribution in [1.82, 2.24) is 5.43 Å². The number of nitro benzene ring substituents is 1. The quantitative estimate of drug-likeness (QED) is 0.299. The molecule has 3 rings (SSSR count). The second-order valence-corrected chi connectivity index (χ2v) is 6.17. The molecule has 0 saturated heterocycles. The van der Waals surface area contributed by atoms with Crippen molar-refractivity contribution in [3.8, 4) is 28.7 Å². The van der Waals surface area contributed by atoms with E-state index in [1.807, 2.05) is 0 Å². The lowest BCUT2D eigenvalue weighted by molar-refractivity contribution is -0.386. The van der Waals surface area contributed by atoms with Gasteiger partial charge in [-0.2, -0.15) is 5.10 Å². The van der Waals surface area contributed by atoms with Crippen molar-refractivity contribution in [3.63, 3.8) is 0 Å². The molecule has 0 bridgehead atoms. The van der Waals surface area contributed by atoms with Crippen LogP contribution in [0.3, 0.4) is 0 Å². The number of phenolic OH excluding ortho intramolecular Hbond substituents is 2. The third-order valence-electron chi connectivity index (χ3n) is 4.06. The Morgan fingerprint density at radius 1 is 1.06 bits per heavy atom. The van der Waals surface area contributed by atoms with E-state index < -0.39 is 22.3 Å². The topological polar surface area (TPSA) is 144 Å². The van der Waals surface area contributed by atoms with Gasteiger partial charge in [0.25, 0.3) is 5.91 Å². The first-order valence-electron chi connectivity index (χ1n) is 8.83. The lowest BCUT2D eigenvalue weighted by atomic mass is 10.2. The summed E-state index contributed by atoms with van der Waals surface area (Å²) in [5, 5.41) is 33.9. The number of carbonyl (C=O) groups is 1. The molecule has 3 aromatic carbocycles. The minimum atomic E-state index is -0.754. The Bertz CT molecular complexity index is 1130. The zero-order valence-electron chi connectivity index (χ0n) is 16.2. The fraction of sp³-hybridized carbons (Fsp3) is 0.0476. The lowest BCUT2D eigenvalue weighted by Crippen LogP contribution is -2.17. The minimum absolute atomic E-state index is 0.0915. The molecule has 0 fully saturated rings. The van der Waals surface area contributed by atoms with Gasteiger partial charge in [-0.25, -0.2) is 5.43 Å². The number of hydrogen-bond acceptors (Lipinski definition) is 8. The predicted octanol–water partition coefficient (Wildman–Crippen LogP) is 3.57. The largest absolute Gasteiger partial charge is 0.508 e. The molecule has 10 heteroatoms. The molecular weight excluding hydrogens is 406 g/mol. The average molecular weight is 423 g/mol. The number of rotatable bonds is 7. The number of hydrogen-bond donors (Lipinski definition) is 3. The Kier molecular flexibility index (Phi) is 6.31. The van der Waals surface area contributed by atoms with Crippen LogP contribution in [-0.4, -0.2) is 34.4 Å². The maximum atomic E-state index is 12.2. The van der Waals surface area contributed by atoms with Crippen LogP contribution in [0.5, 0.6) is 28.7 Å². The first-order chi connectivity index (χ1) is 14.9. The number of aromatic hydroxyl groups is 2. The van der Waals surface area contributed by atoms with Gasteiger partial charge in [0.2, 0.25) is 5.75 Å². The number of nitro groups is 1. The number of phenols is 2. The van der Waals surface area contributed by atoms with Gasteiger partial charge in [-0.3, -0.25) is 14.9 Å². The van der Waals surface area contributed by atoms with Gasteiger partial charge in [0.15, 0.2) is 5.75 Å². The number of ether oxygens (including phenoxy) is 2. The Balaban J connectivity index is 1.65. The van der Waals surface area contributed by atoms with Crippen molar-refractivity contribution < 1.29 is 29.4 Å². The van der Waals surface area contributed by atoms with Crippen LogP contribution in [0.1, 0.15) is 15.9 Å². The molecule has 0 unspecified atom stereocenters. The first kappa shape index (κ1) is 21.1. The molecular formula is C21H17N3O7. The van der Waals surface area contributed by atoms with Gasteiger partial charge in [-0.15, -0.1) is 0 Å². The minimum Gasteiger partial charge on any atom is -0.508 e. The number of carbonyl (C=O) groups excluding carboxylic acids is 1. The van der Waals surface area contributed by atoms with E-state index in [4.69, 9.17) is 9.47 Å². The van der Waals surface area contributed by atoms with E-state index in [0.29, 0.717) is 17.1 Å². The van der Waals surface area contributed by atoms with Crippen LogP contribution in [0, 0.1) is 10.1 Å². The summed E-state index contributed by atoms with van der Waals surface area (Å²) >= 11 is 0. The fourth-order valence-corrected chi connectivity index (χ4v) is 2.54. The Morgan fingerprint density at radius 2 is 1.68 bits per heavy atom. The summed E-state index contributed by atoms with van der Waals surface area (Å²) in [6, 6.07) is 14.9. The van der Waals surface area contributed by atoms with Crippen LogP contribution in [-0.2, 0) is 0 Å². The summed E-state index contributed by atoms with van der Waals surface area (Å²) in [6.07, 6.45) is 1.19. The van der Waals surface area contributed by atoms with E-state index in [0.717, 1.165) is 6.07 Å². The van der Waals surface area contributed by atoms with Crippen LogP contribution in [0.15, 0.2) is 65.8 Å². The molecule has 0 saturated carbocycles. The van der Waals surface area contributed by atoms with E-state index in [2.05, 4.69) is 10.5 Å². The Labute approximate surface area is 176 Å². The molecule has 0 heterocycles. The van der Waals surface area contributed by atoms with Crippen LogP contribution >= 0.6 is 0 Å². The number of methoxy groups -OCH3 is 1. The molecule has 158 valence electrons. The zero-order valence-corrected chi connectivity index (χ0v) is 16.2. The average Bonchev–Trinajstić information content (AvgIpc) is 2.76. The van der Waals surface area contributed by atoms with Crippen molar-refractivity contribution in [1.29, 1.82) is 0 Å². The van der Waals surface area contributed by atoms with Crippen molar-refractivity contribution in [2.24, 2.45) is 5.10 Å². The maximum absolute atomic E-state index is 12.2. The molecule has 0 spiro atoms. The van der Waals surface area contributed by atoms with E-state index in [1.54, 1.807) is 24.3 Å². The van der Waals surface area contributed by atoms with Crippen molar-refractivity contribution >= 4 is 17.8 Å². The molecule has 0 aliphatic rings. The van der Waals surface area contributed by atoms with E-state index in [1.165, 1.54) is 43.7 Å². The number of benzene rings is 3. The second-order valence-electron chi connectivity index (χ2n) is 6.17. The Hall–Kier alpha value is -4.60. The molecule has 0 aliphatic carbocycles. The van der Waals surface area contributed by atoms with Crippen LogP contribution < -0.4 is 14.9 Å². The van der Waals surface area contributed by atoms with Crippen molar-refractivity contribution in [3.05, 3.63) is 81.9 Å². The highest BCUT2D eigenvalue weighted by Gasteiger charge is 2.19. The monoisotopic (exact) mass is 423 g/mol. The third-order valence-corrected chi connectivity index (χ3v) is 4.06. The lowest BCUT2D eigenvalue weighted by Gasteiger charge is -2.07. The molecule has 3 N–H and O–H groups in total. The SMILES string of the molecule is COc1cc(C=NNC(=O)c2ccc(Oc3ccc(O)cc3)cc2)cc([N+](=O)[O-])c1O. The summed E-state index contributed by atoms with van der Waals surface area (Å²) in [6.45, 7) is 0. The molecule has 3 aromatic rings. The van der Waals surface area contributed by atoms with Crippen LogP contribution in [0.4, 0.5) is 5.69 Å². The molecule has 10 nitrogen and oxygen atoms in total. The smallest absolute Gasteiger partial charge is 0.315 e. The zero-order chi connectivity index (χ0) is 22.4. The summed E-state index contributed by atoms with van der Waals surface area (Å²) in [5.74, 6) is -0.0466. The fourth-order valence-electron chi connectivity index (χ4n) is 2.54. The summed E-state index contributed by atoms with van der Waals surface area (Å²) in [7, 11) is 1.26. The van der Waals surface area contributed by atoms with Crippen molar-refractivity contribution in [2.75, 3.05) is 7.11 Å². The number of nitrogens with one attached hydrogen (secondary N) is 1. The molecule has 0 atom stereocenters. The van der Waals surface area contributed by atoms with Gasteiger partial charge in [-0.05, 0) is 54.6 Å². The normalized spacial score (nSPS) is 10.6. The molecule has 31 heavy (non-hydrogen) atoms. The van der Waals surface area contributed by atoms with Gasteiger partial charge in [0, 0.05) is 17.2 Å². The summed E-state index contributed by atoms with van der Waals surface area (Å²) < 4.78 is 10.5. The number of nitrogens with zero attached hydrogens (tertiary/aromatic N) is 2. The number of hydrazone groups is 1. The standard InChI is InChI=1S/C21H17N3O7/c1-30-19-11-13(10-18(20(19)26)24(28)29)12-22-23-21(27)14-2-6-16(7-3-14)31-17-8-4-15(25)5-9-17/h2-12,25-26H,1H3,(H,23,27). The highest BCUT2D eigenvalue weighted by Crippen LogP contribution is 2.36. The predicted molar refractivity (Wildman–Crippen MR) is 111 cm³/mol. The van der Waals surface area contributed by atoms with Gasteiger partial charge in [0.05, 0.1) is 18.2 Å². The van der Waals surface area contributed by atoms with Crippen LogP contribution in [0.25, 0.3) is 0 Å². The highest BCUT2D eigenvalue weighted by atomic mass is 16.6. The number of amides is 1. The summed E-state index contributed by atoms with van der Waals surface area (Å²) in [4.78, 5) is 22.5. The maximum Gasteiger partial charge on any atom is 0.315 e. The molecule has 1 amide bonds. The van der Waals surface area contributed by atoms with Gasteiger partial charge in [0.1, 0.15) is 17.2 Å². The van der Waals surface area contributed by atoms with E-state index >= 15 is 0 Å². The van der Waals surface area contributed by atoms with Gasteiger partial charge >= 0.3 is 5.69 Å². The Morgan fingerprint density at radius 3 is 2.26 bits per heavy atom. The molecule has 0 aromatic heterocycles. The second kappa shape index (κ2) is 9.27. The van der Waals surface area contributed by atoms with Gasteiger partial charge < -0.3 is 19.7 Å².